The Morgan fingerprint density at radius 1 is 0.800 bits per heavy atom. The van der Waals surface area contributed by atoms with E-state index in [9.17, 15) is 0 Å². The predicted molar refractivity (Wildman–Crippen MR) is 69.9 cm³/mol. The summed E-state index contributed by atoms with van der Waals surface area (Å²) < 4.78 is 0. The van der Waals surface area contributed by atoms with Crippen molar-refractivity contribution in [1.29, 1.82) is 0 Å². The van der Waals surface area contributed by atoms with Crippen LogP contribution >= 0.6 is 0 Å². The molecule has 88 valence electrons. The molecule has 0 saturated heterocycles. The highest BCUT2D eigenvalue weighted by molar-refractivity contribution is 5.02. The number of unbranched alkanes of at least 4 members (excludes halogenated alkanes) is 7. The van der Waals surface area contributed by atoms with Gasteiger partial charge >= 0.3 is 0 Å². The highest BCUT2D eigenvalue weighted by atomic mass is 14.5. The quantitative estimate of drug-likeness (QED) is 0.423. The fourth-order valence-electron chi connectivity index (χ4n) is 1.55. The third kappa shape index (κ3) is 13.4. The van der Waals surface area contributed by atoms with Crippen molar-refractivity contribution in [3.05, 3.63) is 24.3 Å². The number of hydrogen-bond donors (Lipinski definition) is 1. The van der Waals surface area contributed by atoms with Crippen LogP contribution < -0.4 is 5.73 Å². The van der Waals surface area contributed by atoms with Crippen molar-refractivity contribution in [2.75, 3.05) is 6.54 Å². The summed E-state index contributed by atoms with van der Waals surface area (Å²) in [5, 5.41) is 0. The molecule has 1 nitrogen and oxygen atoms in total. The van der Waals surface area contributed by atoms with Gasteiger partial charge < -0.3 is 5.73 Å². The van der Waals surface area contributed by atoms with E-state index in [1.54, 1.807) is 0 Å². The summed E-state index contributed by atoms with van der Waals surface area (Å²) in [7, 11) is 0. The average Bonchev–Trinajstić information content (AvgIpc) is 2.26. The van der Waals surface area contributed by atoms with Gasteiger partial charge in [0, 0.05) is 6.54 Å². The van der Waals surface area contributed by atoms with E-state index in [1.165, 1.54) is 51.4 Å². The summed E-state index contributed by atoms with van der Waals surface area (Å²) in [5.41, 5.74) is 5.33. The second-order valence-electron chi connectivity index (χ2n) is 4.00. The Labute approximate surface area is 95.4 Å². The van der Waals surface area contributed by atoms with Crippen LogP contribution in [-0.4, -0.2) is 6.54 Å². The molecule has 0 aliphatic carbocycles. The maximum Gasteiger partial charge on any atom is 0.0109 e. The van der Waals surface area contributed by atoms with Crippen molar-refractivity contribution >= 4 is 0 Å². The Morgan fingerprint density at radius 3 is 2.07 bits per heavy atom. The molecule has 0 aromatic heterocycles. The minimum absolute atomic E-state index is 0.641. The van der Waals surface area contributed by atoms with Crippen LogP contribution in [0.15, 0.2) is 24.3 Å². The Balaban J connectivity index is 3.04. The van der Waals surface area contributed by atoms with Gasteiger partial charge in [0.2, 0.25) is 0 Å². The van der Waals surface area contributed by atoms with Crippen molar-refractivity contribution in [3.8, 4) is 0 Å². The van der Waals surface area contributed by atoms with E-state index in [1.807, 2.05) is 12.2 Å². The molecule has 1 heteroatoms. The van der Waals surface area contributed by atoms with Crippen LogP contribution in [0.3, 0.4) is 0 Å². The fraction of sp³-hybridized carbons (Fsp3) is 0.714. The summed E-state index contributed by atoms with van der Waals surface area (Å²) in [4.78, 5) is 0. The zero-order valence-corrected chi connectivity index (χ0v) is 10.3. The van der Waals surface area contributed by atoms with Crippen molar-refractivity contribution in [2.45, 2.75) is 58.3 Å². The molecule has 0 unspecified atom stereocenters. The van der Waals surface area contributed by atoms with Gasteiger partial charge in [-0.15, -0.1) is 0 Å². The van der Waals surface area contributed by atoms with Crippen LogP contribution in [0.1, 0.15) is 58.3 Å². The second-order valence-corrected chi connectivity index (χ2v) is 4.00. The summed E-state index contributed by atoms with van der Waals surface area (Å²) >= 11 is 0. The first-order chi connectivity index (χ1) is 7.41. The molecule has 0 heterocycles. The molecular formula is C14H27N. The molecule has 0 amide bonds. The zero-order valence-electron chi connectivity index (χ0n) is 10.3. The lowest BCUT2D eigenvalue weighted by molar-refractivity contribution is 0.592. The van der Waals surface area contributed by atoms with Gasteiger partial charge in [0.1, 0.15) is 0 Å². The lowest BCUT2D eigenvalue weighted by Gasteiger charge is -1.98. The number of hydrogen-bond acceptors (Lipinski definition) is 1. The van der Waals surface area contributed by atoms with Crippen LogP contribution in [0, 0.1) is 0 Å². The monoisotopic (exact) mass is 209 g/mol. The molecule has 0 saturated carbocycles. The van der Waals surface area contributed by atoms with Gasteiger partial charge in [0.15, 0.2) is 0 Å². The summed E-state index contributed by atoms with van der Waals surface area (Å²) in [6.07, 6.45) is 19.3. The van der Waals surface area contributed by atoms with Crippen molar-refractivity contribution < 1.29 is 0 Å². The molecule has 2 N–H and O–H groups in total. The summed E-state index contributed by atoms with van der Waals surface area (Å²) in [6, 6.07) is 0. The second kappa shape index (κ2) is 13.4. The molecule has 0 aromatic rings. The standard InChI is InChI=1S/C14H27N/c1-2-3-4-5-6-7-8-9-10-11-12-13-14-15/h10-13H,2-9,14-15H2,1H3/b11-10+,13-12+. The lowest BCUT2D eigenvalue weighted by atomic mass is 10.1. The van der Waals surface area contributed by atoms with Crippen LogP contribution in [-0.2, 0) is 0 Å². The molecule has 0 aliphatic rings. The number of allylic oxidation sites excluding steroid dienone is 3. The maximum atomic E-state index is 5.33. The third-order valence-electron chi connectivity index (χ3n) is 2.49. The van der Waals surface area contributed by atoms with E-state index >= 15 is 0 Å². The Morgan fingerprint density at radius 2 is 1.40 bits per heavy atom. The van der Waals surface area contributed by atoms with E-state index in [4.69, 9.17) is 5.73 Å². The number of rotatable bonds is 10. The van der Waals surface area contributed by atoms with E-state index in [2.05, 4.69) is 19.1 Å². The SMILES string of the molecule is CCCCCCCCC/C=C/C=C/CN. The van der Waals surface area contributed by atoms with E-state index in [-0.39, 0.29) is 0 Å². The highest BCUT2D eigenvalue weighted by Crippen LogP contribution is 2.08. The molecule has 0 spiro atoms. The number of nitrogens with two attached hydrogens (primary N) is 1. The maximum absolute atomic E-state index is 5.33. The van der Waals surface area contributed by atoms with Crippen molar-refractivity contribution in [1.82, 2.24) is 0 Å². The minimum atomic E-state index is 0.641. The molecule has 15 heavy (non-hydrogen) atoms. The highest BCUT2D eigenvalue weighted by Gasteiger charge is 1.88. The van der Waals surface area contributed by atoms with Gasteiger partial charge in [-0.2, -0.15) is 0 Å². The molecule has 0 rings (SSSR count). The van der Waals surface area contributed by atoms with Crippen LogP contribution in [0.4, 0.5) is 0 Å². The molecule has 0 atom stereocenters. The Kier molecular flexibility index (Phi) is 12.9. The van der Waals surface area contributed by atoms with Crippen LogP contribution in [0.25, 0.3) is 0 Å². The van der Waals surface area contributed by atoms with Gasteiger partial charge in [-0.1, -0.05) is 69.8 Å². The van der Waals surface area contributed by atoms with Crippen LogP contribution in [0.2, 0.25) is 0 Å². The lowest BCUT2D eigenvalue weighted by Crippen LogP contribution is -1.91. The zero-order chi connectivity index (χ0) is 11.2. The van der Waals surface area contributed by atoms with Gasteiger partial charge in [0.05, 0.1) is 0 Å². The van der Waals surface area contributed by atoms with Gasteiger partial charge in [-0.05, 0) is 12.8 Å². The third-order valence-corrected chi connectivity index (χ3v) is 2.49. The molecule has 0 radical (unpaired) electrons. The first-order valence-electron chi connectivity index (χ1n) is 6.43. The first-order valence-corrected chi connectivity index (χ1v) is 6.43. The predicted octanol–water partition coefficient (Wildman–Crippen LogP) is 4.20. The van der Waals surface area contributed by atoms with Gasteiger partial charge in [-0.3, -0.25) is 0 Å². The van der Waals surface area contributed by atoms with Crippen molar-refractivity contribution in [2.24, 2.45) is 5.73 Å². The Bertz CT molecular complexity index is 159. The largest absolute Gasteiger partial charge is 0.327 e. The van der Waals surface area contributed by atoms with Crippen LogP contribution in [0.5, 0.6) is 0 Å². The van der Waals surface area contributed by atoms with Gasteiger partial charge in [-0.25, -0.2) is 0 Å². The normalized spacial score (nSPS) is 11.9. The smallest absolute Gasteiger partial charge is 0.0109 e. The average molecular weight is 209 g/mol. The van der Waals surface area contributed by atoms with E-state index in [0.29, 0.717) is 6.54 Å². The molecular weight excluding hydrogens is 182 g/mol. The first kappa shape index (κ1) is 14.4. The molecule has 0 bridgehead atoms. The fourth-order valence-corrected chi connectivity index (χ4v) is 1.55. The molecule has 0 aromatic carbocycles. The molecule has 0 fully saturated rings. The molecule has 0 aliphatic heterocycles. The van der Waals surface area contributed by atoms with E-state index in [0.717, 1.165) is 0 Å². The summed E-state index contributed by atoms with van der Waals surface area (Å²) in [5.74, 6) is 0. The van der Waals surface area contributed by atoms with Crippen molar-refractivity contribution in [3.63, 3.8) is 0 Å². The van der Waals surface area contributed by atoms with Gasteiger partial charge in [0.25, 0.3) is 0 Å². The minimum Gasteiger partial charge on any atom is -0.327 e. The van der Waals surface area contributed by atoms with E-state index < -0.39 is 0 Å². The topological polar surface area (TPSA) is 26.0 Å². The summed E-state index contributed by atoms with van der Waals surface area (Å²) in [6.45, 7) is 2.90. The Hall–Kier alpha value is -0.560.